The first-order valence-corrected chi connectivity index (χ1v) is 10.8. The lowest BCUT2D eigenvalue weighted by Gasteiger charge is -2.35. The number of aromatic nitrogens is 1. The molecule has 0 aliphatic heterocycles. The van der Waals surface area contributed by atoms with Gasteiger partial charge in [-0.25, -0.2) is 0 Å². The monoisotopic (exact) mass is 406 g/mol. The molecule has 4 rings (SSSR count). The highest BCUT2D eigenvalue weighted by Gasteiger charge is 2.27. The molecule has 2 aromatic carbocycles. The first kappa shape index (κ1) is 19.8. The lowest BCUT2D eigenvalue weighted by molar-refractivity contribution is 0.0608. The van der Waals surface area contributed by atoms with Gasteiger partial charge in [-0.3, -0.25) is 4.79 Å². The quantitative estimate of drug-likeness (QED) is 0.480. The summed E-state index contributed by atoms with van der Waals surface area (Å²) >= 11 is 6.03. The van der Waals surface area contributed by atoms with Gasteiger partial charge < -0.3 is 9.47 Å². The van der Waals surface area contributed by atoms with Crippen LogP contribution in [0.2, 0.25) is 5.02 Å². The number of nitrogens with zero attached hydrogens (tertiary/aromatic N) is 2. The van der Waals surface area contributed by atoms with E-state index in [0.717, 1.165) is 19.4 Å². The predicted octanol–water partition coefficient (Wildman–Crippen LogP) is 6.16. The average molecular weight is 407 g/mol. The Hall–Kier alpha value is -2.52. The standard InChI is InChI=1S/C25H27ClN2O/c26-22-15-13-21(14-16-22)25(29)28(23-10-5-2-6-11-23)19-24-12-7-17-27(24)18-20-8-3-1-4-9-20/h1,3-4,7-9,12-17,23H,2,5-6,10-11,18-19H2. The molecule has 150 valence electrons. The van der Waals surface area contributed by atoms with Gasteiger partial charge in [-0.05, 0) is 54.8 Å². The van der Waals surface area contributed by atoms with Crippen molar-refractivity contribution < 1.29 is 4.79 Å². The van der Waals surface area contributed by atoms with Gasteiger partial charge in [0.05, 0.1) is 6.54 Å². The first-order chi connectivity index (χ1) is 14.2. The van der Waals surface area contributed by atoms with E-state index >= 15 is 0 Å². The summed E-state index contributed by atoms with van der Waals surface area (Å²) in [5.41, 5.74) is 3.14. The van der Waals surface area contributed by atoms with E-state index in [-0.39, 0.29) is 5.91 Å². The number of rotatable bonds is 6. The predicted molar refractivity (Wildman–Crippen MR) is 118 cm³/mol. The molecule has 1 amide bonds. The number of amides is 1. The number of carbonyl (C=O) groups excluding carboxylic acids is 1. The van der Waals surface area contributed by atoms with Crippen molar-refractivity contribution in [3.8, 4) is 0 Å². The molecule has 0 saturated heterocycles. The molecule has 29 heavy (non-hydrogen) atoms. The summed E-state index contributed by atoms with van der Waals surface area (Å²) in [4.78, 5) is 15.5. The molecule has 3 aromatic rings. The molecule has 3 nitrogen and oxygen atoms in total. The average Bonchev–Trinajstić information content (AvgIpc) is 3.20. The van der Waals surface area contributed by atoms with Crippen molar-refractivity contribution in [3.05, 3.63) is 94.8 Å². The van der Waals surface area contributed by atoms with Crippen LogP contribution < -0.4 is 0 Å². The normalized spacial score (nSPS) is 14.7. The van der Waals surface area contributed by atoms with Crippen molar-refractivity contribution in [1.82, 2.24) is 9.47 Å². The van der Waals surface area contributed by atoms with Crippen LogP contribution in [0.3, 0.4) is 0 Å². The van der Waals surface area contributed by atoms with Crippen LogP contribution in [0.4, 0.5) is 0 Å². The van der Waals surface area contributed by atoms with Crippen LogP contribution in [0.25, 0.3) is 0 Å². The third-order valence-electron chi connectivity index (χ3n) is 5.82. The zero-order chi connectivity index (χ0) is 20.1. The van der Waals surface area contributed by atoms with Gasteiger partial charge in [-0.2, -0.15) is 0 Å². The van der Waals surface area contributed by atoms with Gasteiger partial charge in [0.1, 0.15) is 0 Å². The molecular weight excluding hydrogens is 380 g/mol. The molecular formula is C25H27ClN2O. The van der Waals surface area contributed by atoms with Gasteiger partial charge in [0.2, 0.25) is 0 Å². The highest BCUT2D eigenvalue weighted by Crippen LogP contribution is 2.26. The number of hydrogen-bond donors (Lipinski definition) is 0. The minimum Gasteiger partial charge on any atom is -0.345 e. The van der Waals surface area contributed by atoms with E-state index in [1.165, 1.54) is 30.5 Å². The second-order valence-corrected chi connectivity index (χ2v) is 8.28. The van der Waals surface area contributed by atoms with Crippen LogP contribution in [0.1, 0.15) is 53.7 Å². The molecule has 1 aromatic heterocycles. The fourth-order valence-electron chi connectivity index (χ4n) is 4.22. The summed E-state index contributed by atoms with van der Waals surface area (Å²) in [5.74, 6) is 0.0982. The van der Waals surface area contributed by atoms with Gasteiger partial charge in [0.25, 0.3) is 5.91 Å². The molecule has 4 heteroatoms. The van der Waals surface area contributed by atoms with Crippen LogP contribution in [0.5, 0.6) is 0 Å². The van der Waals surface area contributed by atoms with Crippen molar-refractivity contribution in [2.45, 2.75) is 51.2 Å². The Kier molecular flexibility index (Phi) is 6.36. The second-order valence-electron chi connectivity index (χ2n) is 7.84. The SMILES string of the molecule is O=C(c1ccc(Cl)cc1)N(Cc1cccn1Cc1ccccc1)C1CCCCC1. The molecule has 0 atom stereocenters. The minimum absolute atomic E-state index is 0.0982. The maximum Gasteiger partial charge on any atom is 0.254 e. The molecule has 1 heterocycles. The van der Waals surface area contributed by atoms with E-state index in [1.807, 2.05) is 18.2 Å². The van der Waals surface area contributed by atoms with Crippen molar-refractivity contribution in [1.29, 1.82) is 0 Å². The van der Waals surface area contributed by atoms with Crippen molar-refractivity contribution in [3.63, 3.8) is 0 Å². The van der Waals surface area contributed by atoms with Crippen molar-refractivity contribution >= 4 is 17.5 Å². The lowest BCUT2D eigenvalue weighted by Crippen LogP contribution is -2.41. The van der Waals surface area contributed by atoms with E-state index < -0.39 is 0 Å². The van der Waals surface area contributed by atoms with Crippen LogP contribution in [-0.2, 0) is 13.1 Å². The number of carbonyl (C=O) groups is 1. The maximum atomic E-state index is 13.4. The van der Waals surface area contributed by atoms with Gasteiger partial charge in [-0.1, -0.05) is 61.2 Å². The molecule has 0 bridgehead atoms. The summed E-state index contributed by atoms with van der Waals surface area (Å²) in [6, 6.07) is 22.2. The van der Waals surface area contributed by atoms with E-state index in [9.17, 15) is 4.79 Å². The van der Waals surface area contributed by atoms with Gasteiger partial charge in [-0.15, -0.1) is 0 Å². The van der Waals surface area contributed by atoms with Crippen LogP contribution in [-0.4, -0.2) is 21.4 Å². The van der Waals surface area contributed by atoms with E-state index in [0.29, 0.717) is 23.2 Å². The van der Waals surface area contributed by atoms with Crippen LogP contribution >= 0.6 is 11.6 Å². The Balaban J connectivity index is 1.58. The molecule has 1 saturated carbocycles. The molecule has 0 spiro atoms. The summed E-state index contributed by atoms with van der Waals surface area (Å²) < 4.78 is 2.25. The van der Waals surface area contributed by atoms with Crippen molar-refractivity contribution in [2.24, 2.45) is 0 Å². The summed E-state index contributed by atoms with van der Waals surface area (Å²) in [6.07, 6.45) is 7.93. The van der Waals surface area contributed by atoms with Crippen LogP contribution in [0.15, 0.2) is 72.9 Å². The summed E-state index contributed by atoms with van der Waals surface area (Å²) in [7, 11) is 0. The molecule has 0 radical (unpaired) electrons. The highest BCUT2D eigenvalue weighted by atomic mass is 35.5. The third-order valence-corrected chi connectivity index (χ3v) is 6.07. The zero-order valence-corrected chi connectivity index (χ0v) is 17.4. The van der Waals surface area contributed by atoms with E-state index in [4.69, 9.17) is 11.6 Å². The fraction of sp³-hybridized carbons (Fsp3) is 0.320. The van der Waals surface area contributed by atoms with Gasteiger partial charge >= 0.3 is 0 Å². The summed E-state index contributed by atoms with van der Waals surface area (Å²) in [6.45, 7) is 1.45. The topological polar surface area (TPSA) is 25.2 Å². The highest BCUT2D eigenvalue weighted by molar-refractivity contribution is 6.30. The third kappa shape index (κ3) is 4.91. The molecule has 1 aliphatic rings. The van der Waals surface area contributed by atoms with Crippen LogP contribution in [0, 0.1) is 0 Å². The lowest BCUT2D eigenvalue weighted by atomic mass is 9.93. The minimum atomic E-state index is 0.0982. The fourth-order valence-corrected chi connectivity index (χ4v) is 4.35. The Labute approximate surface area is 177 Å². The molecule has 0 unspecified atom stereocenters. The van der Waals surface area contributed by atoms with Crippen molar-refractivity contribution in [2.75, 3.05) is 0 Å². The molecule has 0 N–H and O–H groups in total. The maximum absolute atomic E-state index is 13.4. The Morgan fingerprint density at radius 3 is 2.38 bits per heavy atom. The first-order valence-electron chi connectivity index (χ1n) is 10.5. The molecule has 1 fully saturated rings. The number of halogens is 1. The Bertz CT molecular complexity index is 927. The molecule has 1 aliphatic carbocycles. The smallest absolute Gasteiger partial charge is 0.254 e. The van der Waals surface area contributed by atoms with Gasteiger partial charge in [0.15, 0.2) is 0 Å². The Morgan fingerprint density at radius 1 is 0.931 bits per heavy atom. The Morgan fingerprint density at radius 2 is 1.66 bits per heavy atom. The largest absolute Gasteiger partial charge is 0.345 e. The van der Waals surface area contributed by atoms with E-state index in [1.54, 1.807) is 12.1 Å². The number of benzene rings is 2. The summed E-state index contributed by atoms with van der Waals surface area (Å²) in [5, 5.41) is 0.655. The zero-order valence-electron chi connectivity index (χ0n) is 16.6. The van der Waals surface area contributed by atoms with Gasteiger partial charge in [0, 0.05) is 35.1 Å². The van der Waals surface area contributed by atoms with E-state index in [2.05, 4.69) is 52.1 Å². The number of hydrogen-bond acceptors (Lipinski definition) is 1. The second kappa shape index (κ2) is 9.32.